The Kier molecular flexibility index (Phi) is 4.06. The van der Waals surface area contributed by atoms with E-state index in [9.17, 15) is 13.0 Å². The molecule has 0 aliphatic heterocycles. The summed E-state index contributed by atoms with van der Waals surface area (Å²) in [6.45, 7) is 0. The molecule has 46 valence electrons. The summed E-state index contributed by atoms with van der Waals surface area (Å²) in [4.78, 5) is 0. The molecule has 0 rings (SSSR count). The van der Waals surface area contributed by atoms with E-state index in [1.807, 2.05) is 0 Å². The van der Waals surface area contributed by atoms with E-state index in [2.05, 4.69) is 4.30 Å². The number of rotatable bonds is 2. The Morgan fingerprint density at radius 1 is 1.62 bits per heavy atom. The molecule has 0 fully saturated rings. The average Bonchev–Trinajstić information content (AvgIpc) is 1.61. The Bertz CT molecular complexity index is 125. The molecule has 0 saturated carbocycles. The van der Waals surface area contributed by atoms with Gasteiger partial charge in [0.1, 0.15) is 0 Å². The third-order valence-corrected chi connectivity index (χ3v) is 0.916. The molecule has 0 radical (unpaired) electrons. The van der Waals surface area contributed by atoms with Crippen molar-refractivity contribution in [2.75, 3.05) is 0 Å². The average molecular weight is 154 g/mol. The zero-order chi connectivity index (χ0) is 6.57. The van der Waals surface area contributed by atoms with Crippen LogP contribution in [0.4, 0.5) is 0 Å². The second-order valence-corrected chi connectivity index (χ2v) is 2.11. The van der Waals surface area contributed by atoms with Crippen LogP contribution in [0, 0.1) is 0 Å². The van der Waals surface area contributed by atoms with E-state index in [1.165, 1.54) is 0 Å². The second-order valence-electron chi connectivity index (χ2n) is 0.702. The van der Waals surface area contributed by atoms with Crippen molar-refractivity contribution >= 4 is 28.5 Å². The predicted molar refractivity (Wildman–Crippen MR) is 27.9 cm³/mol. The van der Waals surface area contributed by atoms with Crippen molar-refractivity contribution in [1.29, 1.82) is 0 Å². The molecular weight excluding hydrogens is 153 g/mol. The molecule has 5 nitrogen and oxygen atoms in total. The summed E-state index contributed by atoms with van der Waals surface area (Å²) in [5, 5.41) is 0. The minimum atomic E-state index is -2.48. The van der Waals surface area contributed by atoms with Gasteiger partial charge in [-0.2, -0.15) is 0 Å². The molecule has 0 saturated heterocycles. The fourth-order valence-corrected chi connectivity index (χ4v) is 0.648. The van der Waals surface area contributed by atoms with Gasteiger partial charge in [-0.15, -0.1) is 0 Å². The first-order chi connectivity index (χ1) is 3.63. The van der Waals surface area contributed by atoms with Crippen molar-refractivity contribution < 1.29 is 17.5 Å². The zero-order valence-corrected chi connectivity index (χ0v) is 5.15. The van der Waals surface area contributed by atoms with Gasteiger partial charge in [0.25, 0.3) is 0 Å². The predicted octanol–water partition coefficient (Wildman–Crippen LogP) is -1.19. The van der Waals surface area contributed by atoms with Crippen molar-refractivity contribution in [3.63, 3.8) is 0 Å². The molecule has 2 unspecified atom stereocenters. The van der Waals surface area contributed by atoms with Gasteiger partial charge in [0.15, 0.2) is 0 Å². The Hall–Kier alpha value is 0.0849. The molecule has 1 N–H and O–H groups in total. The molecular formula is HBNO4S2-. The molecule has 0 bridgehead atoms. The third-order valence-electron chi connectivity index (χ3n) is 0.219. The topological polar surface area (TPSA) is 89.8 Å². The van der Waals surface area contributed by atoms with Gasteiger partial charge in [-0.1, -0.05) is 0 Å². The molecule has 0 aromatic carbocycles. The SMILES string of the molecule is O=S([O-])B=NS(=O)O. The molecule has 0 amide bonds. The van der Waals surface area contributed by atoms with Gasteiger partial charge in [0.2, 0.25) is 0 Å². The van der Waals surface area contributed by atoms with Crippen LogP contribution in [0.15, 0.2) is 4.30 Å². The van der Waals surface area contributed by atoms with E-state index in [0.717, 1.165) is 0 Å². The van der Waals surface area contributed by atoms with E-state index in [4.69, 9.17) is 4.55 Å². The molecule has 0 aromatic heterocycles. The zero-order valence-electron chi connectivity index (χ0n) is 3.51. The van der Waals surface area contributed by atoms with Crippen molar-refractivity contribution in [3.05, 3.63) is 0 Å². The van der Waals surface area contributed by atoms with Gasteiger partial charge in [0.05, 0.1) is 0 Å². The van der Waals surface area contributed by atoms with Crippen molar-refractivity contribution in [3.8, 4) is 0 Å². The van der Waals surface area contributed by atoms with Crippen LogP contribution < -0.4 is 0 Å². The first kappa shape index (κ1) is 8.08. The van der Waals surface area contributed by atoms with E-state index < -0.39 is 22.2 Å². The molecule has 0 aliphatic carbocycles. The van der Waals surface area contributed by atoms with Crippen LogP contribution in [0.3, 0.4) is 0 Å². The van der Waals surface area contributed by atoms with E-state index >= 15 is 0 Å². The molecule has 8 heteroatoms. The van der Waals surface area contributed by atoms with Crippen molar-refractivity contribution in [2.24, 2.45) is 4.30 Å². The summed E-state index contributed by atoms with van der Waals surface area (Å²) in [7, 11) is -2.48. The first-order valence-corrected chi connectivity index (χ1v) is 3.56. The normalized spacial score (nSPS) is 17.8. The Balaban J connectivity index is 3.67. The van der Waals surface area contributed by atoms with Crippen LogP contribution in [0.5, 0.6) is 0 Å². The van der Waals surface area contributed by atoms with Crippen molar-refractivity contribution in [2.45, 2.75) is 0 Å². The summed E-state index contributed by atoms with van der Waals surface area (Å²) in [5.41, 5.74) is 0. The molecule has 0 heterocycles. The summed E-state index contributed by atoms with van der Waals surface area (Å²) in [5.74, 6) is 0. The summed E-state index contributed by atoms with van der Waals surface area (Å²) in [6, 6.07) is 0. The quantitative estimate of drug-likeness (QED) is 0.399. The van der Waals surface area contributed by atoms with E-state index in [-0.39, 0.29) is 0 Å². The van der Waals surface area contributed by atoms with Gasteiger partial charge in [-0.25, -0.2) is 0 Å². The Labute approximate surface area is 51.0 Å². The van der Waals surface area contributed by atoms with Gasteiger partial charge in [0, 0.05) is 0 Å². The van der Waals surface area contributed by atoms with Gasteiger partial charge in [-0.05, 0) is 0 Å². The number of nitrogens with zero attached hydrogens (tertiary/aromatic N) is 1. The van der Waals surface area contributed by atoms with Crippen LogP contribution in [-0.2, 0) is 22.2 Å². The Morgan fingerprint density at radius 2 is 2.12 bits per heavy atom. The molecule has 0 aromatic rings. The molecule has 2 atom stereocenters. The summed E-state index contributed by atoms with van der Waals surface area (Å²) >= 11 is -2.41. The van der Waals surface area contributed by atoms with Crippen LogP contribution in [0.2, 0.25) is 0 Å². The Morgan fingerprint density at radius 3 is 2.25 bits per heavy atom. The van der Waals surface area contributed by atoms with Crippen LogP contribution in [0.25, 0.3) is 0 Å². The molecule has 0 spiro atoms. The summed E-state index contributed by atoms with van der Waals surface area (Å²) < 4.78 is 39.0. The molecule has 8 heavy (non-hydrogen) atoms. The van der Waals surface area contributed by atoms with E-state index in [0.29, 0.717) is 6.35 Å². The fourth-order valence-electron chi connectivity index (χ4n) is 0.0719. The second kappa shape index (κ2) is 4.01. The maximum absolute atomic E-state index is 9.54. The van der Waals surface area contributed by atoms with Gasteiger partial charge in [-0.3, -0.25) is 0 Å². The number of hydrogen-bond acceptors (Lipinski definition) is 3. The van der Waals surface area contributed by atoms with Crippen LogP contribution in [-0.4, -0.2) is 23.9 Å². The minimum absolute atomic E-state index is 0.357. The fraction of sp³-hybridized carbons (Fsp3) is 0. The monoisotopic (exact) mass is 154 g/mol. The van der Waals surface area contributed by atoms with Crippen LogP contribution >= 0.6 is 0 Å². The van der Waals surface area contributed by atoms with Crippen LogP contribution in [0.1, 0.15) is 0 Å². The molecule has 0 aliphatic rings. The first-order valence-electron chi connectivity index (χ1n) is 1.36. The van der Waals surface area contributed by atoms with Crippen molar-refractivity contribution in [1.82, 2.24) is 0 Å². The maximum atomic E-state index is 9.54. The summed E-state index contributed by atoms with van der Waals surface area (Å²) in [6.07, 6.45) is 0.357. The standard InChI is InChI=1S/BH2NO4S2/c3-7(4)1-2-8(5)6/h(H,3,4)(H,5,6)/p-1. The van der Waals surface area contributed by atoms with Gasteiger partial charge >= 0.3 is 50.4 Å². The van der Waals surface area contributed by atoms with E-state index in [1.54, 1.807) is 0 Å². The third kappa shape index (κ3) is 6.08. The number of hydrogen-bond donors (Lipinski definition) is 1. The van der Waals surface area contributed by atoms with Gasteiger partial charge < -0.3 is 0 Å².